The van der Waals surface area contributed by atoms with E-state index in [1.165, 1.54) is 6.07 Å². The van der Waals surface area contributed by atoms with Crippen molar-refractivity contribution in [3.05, 3.63) is 46.0 Å². The molecular weight excluding hydrogens is 318 g/mol. The molecule has 0 saturated heterocycles. The highest BCUT2D eigenvalue weighted by Gasteiger charge is 2.22. The van der Waals surface area contributed by atoms with E-state index >= 15 is 0 Å². The molecule has 122 valence electrons. The van der Waals surface area contributed by atoms with Gasteiger partial charge in [-0.1, -0.05) is 17.3 Å². The van der Waals surface area contributed by atoms with Gasteiger partial charge in [0, 0.05) is 11.6 Å². The number of phenols is 3. The van der Waals surface area contributed by atoms with E-state index in [-0.39, 0.29) is 23.0 Å². The fourth-order valence-corrected chi connectivity index (χ4v) is 2.07. The van der Waals surface area contributed by atoms with Crippen LogP contribution in [0, 0.1) is 17.0 Å². The lowest BCUT2D eigenvalue weighted by molar-refractivity contribution is -0.385. The number of rotatable bonds is 3. The van der Waals surface area contributed by atoms with E-state index in [1.807, 2.05) is 0 Å². The quantitative estimate of drug-likeness (QED) is 0.378. The maximum Gasteiger partial charge on any atom is 0.315 e. The van der Waals surface area contributed by atoms with Gasteiger partial charge in [0.1, 0.15) is 5.75 Å². The molecule has 9 nitrogen and oxygen atoms in total. The standard InChI is InChI=1S/C15H11N3O6/c1-7-2-3-8(5-11(7)19)14-16-15(24-17-14)9-4-10(18(22)23)13(21)12(20)6-9/h2-6,19-21H,1H3. The van der Waals surface area contributed by atoms with Crippen molar-refractivity contribution in [1.29, 1.82) is 0 Å². The molecule has 1 aromatic heterocycles. The Morgan fingerprint density at radius 1 is 1.08 bits per heavy atom. The fourth-order valence-electron chi connectivity index (χ4n) is 2.07. The van der Waals surface area contributed by atoms with Crippen LogP contribution in [0.15, 0.2) is 34.9 Å². The SMILES string of the molecule is Cc1ccc(-c2noc(-c3cc(O)c(O)c([N+](=O)[O-])c3)n2)cc1O. The second kappa shape index (κ2) is 5.54. The third-order valence-electron chi connectivity index (χ3n) is 3.41. The lowest BCUT2D eigenvalue weighted by Gasteiger charge is -2.01. The van der Waals surface area contributed by atoms with Gasteiger partial charge >= 0.3 is 5.69 Å². The van der Waals surface area contributed by atoms with Gasteiger partial charge in [0.2, 0.25) is 11.6 Å². The number of hydrogen-bond donors (Lipinski definition) is 3. The average molecular weight is 329 g/mol. The van der Waals surface area contributed by atoms with Crippen molar-refractivity contribution in [2.45, 2.75) is 6.92 Å². The molecule has 3 rings (SSSR count). The van der Waals surface area contributed by atoms with Gasteiger partial charge < -0.3 is 19.8 Å². The number of aromatic nitrogens is 2. The number of aryl methyl sites for hydroxylation is 1. The first kappa shape index (κ1) is 15.3. The summed E-state index contributed by atoms with van der Waals surface area (Å²) in [6, 6.07) is 6.91. The van der Waals surface area contributed by atoms with Crippen molar-refractivity contribution in [1.82, 2.24) is 10.1 Å². The van der Waals surface area contributed by atoms with Crippen LogP contribution in [0.25, 0.3) is 22.8 Å². The van der Waals surface area contributed by atoms with Gasteiger partial charge in [-0.15, -0.1) is 0 Å². The zero-order valence-corrected chi connectivity index (χ0v) is 12.3. The summed E-state index contributed by atoms with van der Waals surface area (Å²) in [5.41, 5.74) is 0.567. The van der Waals surface area contributed by atoms with Crippen molar-refractivity contribution in [2.75, 3.05) is 0 Å². The minimum Gasteiger partial charge on any atom is -0.508 e. The summed E-state index contributed by atoms with van der Waals surface area (Å²) in [5.74, 6) is -1.37. The molecule has 0 atom stereocenters. The monoisotopic (exact) mass is 329 g/mol. The van der Waals surface area contributed by atoms with E-state index in [0.29, 0.717) is 11.1 Å². The predicted octanol–water partition coefficient (Wildman–Crippen LogP) is 2.74. The molecule has 24 heavy (non-hydrogen) atoms. The normalized spacial score (nSPS) is 10.7. The second-order valence-corrected chi connectivity index (χ2v) is 5.04. The third-order valence-corrected chi connectivity index (χ3v) is 3.41. The van der Waals surface area contributed by atoms with Crippen LogP contribution in [-0.4, -0.2) is 30.4 Å². The molecule has 0 aliphatic heterocycles. The van der Waals surface area contributed by atoms with Gasteiger partial charge in [0.05, 0.1) is 10.5 Å². The van der Waals surface area contributed by atoms with Crippen molar-refractivity contribution < 1.29 is 24.8 Å². The Labute approximate surface area is 134 Å². The van der Waals surface area contributed by atoms with Crippen molar-refractivity contribution in [3.63, 3.8) is 0 Å². The molecule has 2 aromatic carbocycles. The Morgan fingerprint density at radius 2 is 1.79 bits per heavy atom. The summed E-state index contributed by atoms with van der Waals surface area (Å²) in [4.78, 5) is 14.1. The molecule has 0 spiro atoms. The fraction of sp³-hybridized carbons (Fsp3) is 0.0667. The van der Waals surface area contributed by atoms with Crippen LogP contribution in [0.4, 0.5) is 5.69 Å². The highest BCUT2D eigenvalue weighted by molar-refractivity contribution is 5.69. The van der Waals surface area contributed by atoms with E-state index in [9.17, 15) is 25.4 Å². The van der Waals surface area contributed by atoms with Crippen LogP contribution in [0.3, 0.4) is 0 Å². The Morgan fingerprint density at radius 3 is 2.46 bits per heavy atom. The molecule has 3 aromatic rings. The van der Waals surface area contributed by atoms with E-state index in [4.69, 9.17) is 4.52 Å². The first-order valence-corrected chi connectivity index (χ1v) is 6.71. The number of aromatic hydroxyl groups is 3. The molecule has 1 heterocycles. The highest BCUT2D eigenvalue weighted by Crippen LogP contribution is 2.39. The van der Waals surface area contributed by atoms with Gasteiger partial charge in [0.25, 0.3) is 5.89 Å². The van der Waals surface area contributed by atoms with Crippen LogP contribution in [0.5, 0.6) is 17.2 Å². The summed E-state index contributed by atoms with van der Waals surface area (Å²) < 4.78 is 5.05. The van der Waals surface area contributed by atoms with E-state index in [0.717, 1.165) is 12.1 Å². The van der Waals surface area contributed by atoms with Crippen LogP contribution < -0.4 is 0 Å². The number of nitro groups is 1. The zero-order valence-electron chi connectivity index (χ0n) is 12.3. The highest BCUT2D eigenvalue weighted by atomic mass is 16.6. The molecule has 0 aliphatic carbocycles. The molecule has 0 radical (unpaired) electrons. The van der Waals surface area contributed by atoms with Crippen LogP contribution in [0.1, 0.15) is 5.56 Å². The maximum absolute atomic E-state index is 10.9. The molecule has 0 saturated carbocycles. The number of benzene rings is 2. The predicted molar refractivity (Wildman–Crippen MR) is 81.6 cm³/mol. The van der Waals surface area contributed by atoms with E-state index < -0.39 is 22.1 Å². The van der Waals surface area contributed by atoms with Crippen LogP contribution in [-0.2, 0) is 0 Å². The molecule has 9 heteroatoms. The van der Waals surface area contributed by atoms with E-state index in [2.05, 4.69) is 10.1 Å². The summed E-state index contributed by atoms with van der Waals surface area (Å²) in [6.45, 7) is 1.74. The van der Waals surface area contributed by atoms with Gasteiger partial charge in [-0.25, -0.2) is 0 Å². The van der Waals surface area contributed by atoms with Crippen molar-refractivity contribution in [2.24, 2.45) is 0 Å². The number of hydrogen-bond acceptors (Lipinski definition) is 8. The van der Waals surface area contributed by atoms with E-state index in [1.54, 1.807) is 19.1 Å². The first-order chi connectivity index (χ1) is 11.4. The molecular formula is C15H11N3O6. The molecule has 0 aliphatic rings. The lowest BCUT2D eigenvalue weighted by atomic mass is 10.1. The Balaban J connectivity index is 2.05. The van der Waals surface area contributed by atoms with Gasteiger partial charge in [0.15, 0.2) is 5.75 Å². The first-order valence-electron chi connectivity index (χ1n) is 6.71. The molecule has 0 bridgehead atoms. The maximum atomic E-state index is 10.9. The summed E-state index contributed by atoms with van der Waals surface area (Å²) in [6.07, 6.45) is 0. The number of nitrogens with zero attached hydrogens (tertiary/aromatic N) is 3. The van der Waals surface area contributed by atoms with Gasteiger partial charge in [-0.3, -0.25) is 10.1 Å². The largest absolute Gasteiger partial charge is 0.508 e. The van der Waals surface area contributed by atoms with Crippen molar-refractivity contribution >= 4 is 5.69 Å². The summed E-state index contributed by atoms with van der Waals surface area (Å²) >= 11 is 0. The third kappa shape index (κ3) is 2.58. The van der Waals surface area contributed by atoms with Gasteiger partial charge in [-0.05, 0) is 24.6 Å². The number of phenolic OH excluding ortho intramolecular Hbond substituents is 3. The molecule has 3 N–H and O–H groups in total. The Kier molecular flexibility index (Phi) is 3.53. The Hall–Kier alpha value is -3.62. The average Bonchev–Trinajstić information content (AvgIpc) is 3.02. The molecule has 0 amide bonds. The number of nitro benzene ring substituents is 1. The second-order valence-electron chi connectivity index (χ2n) is 5.04. The lowest BCUT2D eigenvalue weighted by Crippen LogP contribution is -1.90. The zero-order chi connectivity index (χ0) is 17.4. The minimum atomic E-state index is -0.841. The smallest absolute Gasteiger partial charge is 0.315 e. The molecule has 0 unspecified atom stereocenters. The summed E-state index contributed by atoms with van der Waals surface area (Å²) in [7, 11) is 0. The van der Waals surface area contributed by atoms with Crippen molar-refractivity contribution in [3.8, 4) is 40.1 Å². The van der Waals surface area contributed by atoms with Crippen LogP contribution >= 0.6 is 0 Å². The summed E-state index contributed by atoms with van der Waals surface area (Å²) in [5, 5.41) is 43.5. The molecule has 0 fully saturated rings. The Bertz CT molecular complexity index is 950. The van der Waals surface area contributed by atoms with Gasteiger partial charge in [-0.2, -0.15) is 4.98 Å². The topological polar surface area (TPSA) is 143 Å². The minimum absolute atomic E-state index is 0.0664. The van der Waals surface area contributed by atoms with Crippen LogP contribution in [0.2, 0.25) is 0 Å².